The molecule has 1 aliphatic carbocycles. The molecular formula is C7H6F8O. The fourth-order valence-electron chi connectivity index (χ4n) is 1.35. The van der Waals surface area contributed by atoms with Crippen molar-refractivity contribution in [1.82, 2.24) is 0 Å². The first-order valence-electron chi connectivity index (χ1n) is 4.07. The first kappa shape index (κ1) is 13.5. The van der Waals surface area contributed by atoms with Gasteiger partial charge in [-0.05, 0) is 6.92 Å². The molecule has 1 aliphatic rings. The van der Waals surface area contributed by atoms with Crippen LogP contribution in [0.4, 0.5) is 35.1 Å². The molecule has 1 nitrogen and oxygen atoms in total. The van der Waals surface area contributed by atoms with E-state index in [9.17, 15) is 35.1 Å². The molecule has 0 radical (unpaired) electrons. The fourth-order valence-corrected chi connectivity index (χ4v) is 1.35. The summed E-state index contributed by atoms with van der Waals surface area (Å²) in [6.07, 6.45) is -4.44. The lowest BCUT2D eigenvalue weighted by atomic mass is 10.1. The van der Waals surface area contributed by atoms with Gasteiger partial charge in [-0.15, -0.1) is 0 Å². The molecule has 0 aromatic rings. The van der Waals surface area contributed by atoms with E-state index in [1.54, 1.807) is 0 Å². The predicted molar refractivity (Wildman–Crippen MR) is 35.2 cm³/mol. The van der Waals surface area contributed by atoms with Crippen LogP contribution >= 0.6 is 0 Å². The summed E-state index contributed by atoms with van der Waals surface area (Å²) in [6, 6.07) is 0. The molecule has 0 N–H and O–H groups in total. The zero-order chi connectivity index (χ0) is 13.0. The van der Waals surface area contributed by atoms with Gasteiger partial charge >= 0.3 is 23.6 Å². The number of rotatable bonds is 2. The second kappa shape index (κ2) is 3.21. The van der Waals surface area contributed by atoms with Gasteiger partial charge in [0.2, 0.25) is 6.17 Å². The van der Waals surface area contributed by atoms with Gasteiger partial charge in [0.25, 0.3) is 0 Å². The fraction of sp³-hybridized carbons (Fsp3) is 1.00. The zero-order valence-corrected chi connectivity index (χ0v) is 7.72. The van der Waals surface area contributed by atoms with Crippen molar-refractivity contribution in [2.45, 2.75) is 36.7 Å². The van der Waals surface area contributed by atoms with E-state index in [0.29, 0.717) is 0 Å². The van der Waals surface area contributed by atoms with E-state index in [1.165, 1.54) is 0 Å². The summed E-state index contributed by atoms with van der Waals surface area (Å²) < 4.78 is 105. The summed E-state index contributed by atoms with van der Waals surface area (Å²) in [5, 5.41) is 0. The Morgan fingerprint density at radius 1 is 0.938 bits per heavy atom. The highest BCUT2D eigenvalue weighted by atomic mass is 19.4. The van der Waals surface area contributed by atoms with Gasteiger partial charge in [-0.1, -0.05) is 0 Å². The largest absolute Gasteiger partial charge is 0.381 e. The topological polar surface area (TPSA) is 9.23 Å². The Balaban J connectivity index is 3.35. The lowest BCUT2D eigenvalue weighted by molar-refractivity contribution is -0.329. The minimum Gasteiger partial charge on any atom is -0.339 e. The number of hydrogen-bond donors (Lipinski definition) is 0. The maximum absolute atomic E-state index is 13.2. The molecule has 1 rings (SSSR count). The number of halogens is 8. The van der Waals surface area contributed by atoms with Gasteiger partial charge in [-0.25, -0.2) is 8.78 Å². The van der Waals surface area contributed by atoms with Crippen molar-refractivity contribution >= 4 is 0 Å². The van der Waals surface area contributed by atoms with E-state index in [2.05, 4.69) is 4.74 Å². The summed E-state index contributed by atoms with van der Waals surface area (Å²) in [6.45, 7) is -0.0859. The molecule has 0 bridgehead atoms. The summed E-state index contributed by atoms with van der Waals surface area (Å²) >= 11 is 0. The molecule has 0 saturated heterocycles. The highest BCUT2D eigenvalue weighted by molar-refractivity contribution is 5.19. The summed E-state index contributed by atoms with van der Waals surface area (Å²) in [7, 11) is 0. The van der Waals surface area contributed by atoms with E-state index < -0.39 is 36.4 Å². The monoisotopic (exact) mass is 258 g/mol. The lowest BCUT2D eigenvalue weighted by Gasteiger charge is -2.28. The van der Waals surface area contributed by atoms with Gasteiger partial charge in [0.05, 0.1) is 0 Å². The molecule has 2 unspecified atom stereocenters. The van der Waals surface area contributed by atoms with Crippen LogP contribution in [0.3, 0.4) is 0 Å². The van der Waals surface area contributed by atoms with Gasteiger partial charge in [0.15, 0.2) is 0 Å². The van der Waals surface area contributed by atoms with E-state index in [4.69, 9.17) is 0 Å². The molecule has 96 valence electrons. The van der Waals surface area contributed by atoms with Crippen molar-refractivity contribution in [3.8, 4) is 0 Å². The standard InChI is InChI=1S/C7H6F8O/c1-2-16-5(11)3(8)4(9,10)6(12,13)7(5,14)15/h3H,2H2,1H3. The summed E-state index contributed by atoms with van der Waals surface area (Å²) in [5.74, 6) is -23.0. The number of alkyl halides is 8. The molecule has 0 aromatic carbocycles. The molecule has 0 heterocycles. The average molecular weight is 258 g/mol. The van der Waals surface area contributed by atoms with Gasteiger partial charge in [-0.3, -0.25) is 0 Å². The average Bonchev–Trinajstić information content (AvgIpc) is 2.20. The summed E-state index contributed by atoms with van der Waals surface area (Å²) in [5.41, 5.74) is 0. The maximum Gasteiger partial charge on any atom is 0.381 e. The van der Waals surface area contributed by atoms with Crippen molar-refractivity contribution in [3.63, 3.8) is 0 Å². The minimum atomic E-state index is -6.15. The van der Waals surface area contributed by atoms with Crippen LogP contribution in [0.5, 0.6) is 0 Å². The molecule has 0 aromatic heterocycles. The third kappa shape index (κ3) is 1.15. The predicted octanol–water partition coefficient (Wildman–Crippen LogP) is 2.95. The SMILES string of the molecule is CCOC1(F)C(F)C(F)(F)C(F)(F)C1(F)F. The molecule has 0 spiro atoms. The molecule has 1 fully saturated rings. The third-order valence-corrected chi connectivity index (χ3v) is 2.24. The van der Waals surface area contributed by atoms with Crippen LogP contribution in [0.2, 0.25) is 0 Å². The van der Waals surface area contributed by atoms with E-state index >= 15 is 0 Å². The molecule has 16 heavy (non-hydrogen) atoms. The van der Waals surface area contributed by atoms with E-state index in [0.717, 1.165) is 6.92 Å². The molecule has 2 atom stereocenters. The number of ether oxygens (including phenoxy) is 1. The second-order valence-corrected chi connectivity index (χ2v) is 3.21. The van der Waals surface area contributed by atoms with Crippen LogP contribution < -0.4 is 0 Å². The quantitative estimate of drug-likeness (QED) is 0.692. The molecule has 1 saturated carbocycles. The smallest absolute Gasteiger partial charge is 0.339 e. The van der Waals surface area contributed by atoms with Gasteiger partial charge in [0.1, 0.15) is 0 Å². The Kier molecular flexibility index (Phi) is 2.70. The van der Waals surface area contributed by atoms with Gasteiger partial charge in [-0.2, -0.15) is 26.3 Å². The Hall–Kier alpha value is -0.600. The highest BCUT2D eigenvalue weighted by Gasteiger charge is 2.94. The highest BCUT2D eigenvalue weighted by Crippen LogP contribution is 2.63. The van der Waals surface area contributed by atoms with Crippen molar-refractivity contribution < 1.29 is 39.9 Å². The van der Waals surface area contributed by atoms with Crippen molar-refractivity contribution in [3.05, 3.63) is 0 Å². The van der Waals surface area contributed by atoms with E-state index in [1.807, 2.05) is 0 Å². The normalized spacial score (nSPS) is 39.9. The van der Waals surface area contributed by atoms with Crippen molar-refractivity contribution in [1.29, 1.82) is 0 Å². The first-order valence-corrected chi connectivity index (χ1v) is 4.07. The Labute approximate surface area is 84.4 Å². The molecule has 0 aliphatic heterocycles. The van der Waals surface area contributed by atoms with E-state index in [-0.39, 0.29) is 0 Å². The van der Waals surface area contributed by atoms with Crippen LogP contribution in [0.1, 0.15) is 6.92 Å². The Morgan fingerprint density at radius 3 is 1.62 bits per heavy atom. The van der Waals surface area contributed by atoms with Crippen LogP contribution in [0, 0.1) is 0 Å². The first-order chi connectivity index (χ1) is 6.97. The zero-order valence-electron chi connectivity index (χ0n) is 7.72. The molecule has 0 amide bonds. The minimum absolute atomic E-state index is 0.874. The Morgan fingerprint density at radius 2 is 1.38 bits per heavy atom. The lowest BCUT2D eigenvalue weighted by Crippen LogP contribution is -2.53. The van der Waals surface area contributed by atoms with Crippen molar-refractivity contribution in [2.75, 3.05) is 6.61 Å². The van der Waals surface area contributed by atoms with Crippen LogP contribution in [0.25, 0.3) is 0 Å². The Bertz CT molecular complexity index is 290. The third-order valence-electron chi connectivity index (χ3n) is 2.24. The van der Waals surface area contributed by atoms with Crippen LogP contribution in [-0.2, 0) is 4.74 Å². The van der Waals surface area contributed by atoms with Gasteiger partial charge < -0.3 is 4.74 Å². The van der Waals surface area contributed by atoms with Crippen molar-refractivity contribution in [2.24, 2.45) is 0 Å². The van der Waals surface area contributed by atoms with Crippen LogP contribution in [0.15, 0.2) is 0 Å². The molecule has 9 heteroatoms. The van der Waals surface area contributed by atoms with Gasteiger partial charge in [0, 0.05) is 6.61 Å². The van der Waals surface area contributed by atoms with Crippen LogP contribution in [-0.4, -0.2) is 36.4 Å². The maximum atomic E-state index is 13.2. The number of hydrogen-bond acceptors (Lipinski definition) is 1. The molecular weight excluding hydrogens is 252 g/mol. The second-order valence-electron chi connectivity index (χ2n) is 3.21. The summed E-state index contributed by atoms with van der Waals surface area (Å²) in [4.78, 5) is 0.